The summed E-state index contributed by atoms with van der Waals surface area (Å²) in [6, 6.07) is 5.64. The summed E-state index contributed by atoms with van der Waals surface area (Å²) in [4.78, 5) is 36.6. The number of furan rings is 1. The van der Waals surface area contributed by atoms with E-state index in [2.05, 4.69) is 10.7 Å². The molecule has 1 aromatic heterocycles. The van der Waals surface area contributed by atoms with E-state index in [4.69, 9.17) is 16.0 Å². The number of nitrogens with zero attached hydrogens (tertiary/aromatic N) is 1. The third-order valence-electron chi connectivity index (χ3n) is 3.59. The van der Waals surface area contributed by atoms with Crippen molar-refractivity contribution in [2.75, 3.05) is 0 Å². The van der Waals surface area contributed by atoms with Crippen LogP contribution in [0.4, 0.5) is 9.18 Å². The SMILES string of the molecule is C[C@]1(c2ccco2)NC(=O)N(NC(=O)c2ccc(Cl)cc2F)C1=O. The number of amides is 4. The van der Waals surface area contributed by atoms with Crippen molar-refractivity contribution in [2.45, 2.75) is 12.5 Å². The van der Waals surface area contributed by atoms with E-state index in [0.29, 0.717) is 5.01 Å². The van der Waals surface area contributed by atoms with Gasteiger partial charge in [-0.2, -0.15) is 5.01 Å². The Balaban J connectivity index is 1.84. The maximum absolute atomic E-state index is 13.8. The van der Waals surface area contributed by atoms with Gasteiger partial charge in [-0.1, -0.05) is 11.6 Å². The van der Waals surface area contributed by atoms with Gasteiger partial charge in [0.25, 0.3) is 11.8 Å². The Labute approximate surface area is 140 Å². The normalized spacial score (nSPS) is 20.2. The average Bonchev–Trinajstić information content (AvgIpc) is 3.12. The first-order valence-corrected chi connectivity index (χ1v) is 7.17. The van der Waals surface area contributed by atoms with Crippen LogP contribution in [0.2, 0.25) is 5.02 Å². The van der Waals surface area contributed by atoms with E-state index in [9.17, 15) is 18.8 Å². The minimum Gasteiger partial charge on any atom is -0.466 e. The molecular formula is C15H11ClFN3O4. The van der Waals surface area contributed by atoms with Crippen LogP contribution in [0.15, 0.2) is 41.0 Å². The minimum atomic E-state index is -1.47. The van der Waals surface area contributed by atoms with E-state index < -0.39 is 29.2 Å². The lowest BCUT2D eigenvalue weighted by Gasteiger charge is -2.19. The molecule has 0 saturated carbocycles. The van der Waals surface area contributed by atoms with Crippen LogP contribution in [0, 0.1) is 5.82 Å². The molecule has 0 bridgehead atoms. The number of hydrogen-bond donors (Lipinski definition) is 2. The first-order valence-electron chi connectivity index (χ1n) is 6.79. The molecule has 1 atom stereocenters. The largest absolute Gasteiger partial charge is 0.466 e. The van der Waals surface area contributed by atoms with Crippen molar-refractivity contribution < 1.29 is 23.2 Å². The summed E-state index contributed by atoms with van der Waals surface area (Å²) in [5.74, 6) is -2.39. The Morgan fingerprint density at radius 3 is 2.75 bits per heavy atom. The molecule has 7 nitrogen and oxygen atoms in total. The fraction of sp³-hybridized carbons (Fsp3) is 0.133. The first-order chi connectivity index (χ1) is 11.3. The highest BCUT2D eigenvalue weighted by molar-refractivity contribution is 6.30. The van der Waals surface area contributed by atoms with Gasteiger partial charge in [0, 0.05) is 5.02 Å². The van der Waals surface area contributed by atoms with Crippen LogP contribution in [0.1, 0.15) is 23.0 Å². The van der Waals surface area contributed by atoms with Gasteiger partial charge in [-0.15, -0.1) is 0 Å². The van der Waals surface area contributed by atoms with Crippen molar-refractivity contribution in [1.82, 2.24) is 15.8 Å². The molecule has 0 aliphatic carbocycles. The first kappa shape index (κ1) is 16.0. The molecule has 1 saturated heterocycles. The van der Waals surface area contributed by atoms with Gasteiger partial charge in [0.05, 0.1) is 11.8 Å². The summed E-state index contributed by atoms with van der Waals surface area (Å²) in [6.45, 7) is 1.43. The maximum atomic E-state index is 13.8. The number of rotatable bonds is 3. The van der Waals surface area contributed by atoms with Crippen LogP contribution in [0.5, 0.6) is 0 Å². The van der Waals surface area contributed by atoms with Crippen LogP contribution < -0.4 is 10.7 Å². The number of imide groups is 1. The minimum absolute atomic E-state index is 0.115. The van der Waals surface area contributed by atoms with Gasteiger partial charge in [-0.25, -0.2) is 9.18 Å². The molecule has 0 radical (unpaired) electrons. The maximum Gasteiger partial charge on any atom is 0.344 e. The average molecular weight is 352 g/mol. The third kappa shape index (κ3) is 2.50. The summed E-state index contributed by atoms with van der Waals surface area (Å²) < 4.78 is 18.9. The number of carbonyl (C=O) groups is 3. The van der Waals surface area contributed by atoms with Crippen LogP contribution >= 0.6 is 11.6 Å². The van der Waals surface area contributed by atoms with Gasteiger partial charge in [0.1, 0.15) is 11.6 Å². The van der Waals surface area contributed by atoms with E-state index in [-0.39, 0.29) is 16.3 Å². The van der Waals surface area contributed by atoms with Gasteiger partial charge < -0.3 is 9.73 Å². The molecule has 2 heterocycles. The number of nitrogens with one attached hydrogen (secondary N) is 2. The monoisotopic (exact) mass is 351 g/mol. The Hall–Kier alpha value is -2.87. The number of benzene rings is 1. The summed E-state index contributed by atoms with van der Waals surface area (Å²) in [5.41, 5.74) is 0.259. The van der Waals surface area contributed by atoms with E-state index in [1.165, 1.54) is 25.3 Å². The van der Waals surface area contributed by atoms with Gasteiger partial charge in [-0.05, 0) is 37.3 Å². The van der Waals surface area contributed by atoms with Crippen LogP contribution in [0.3, 0.4) is 0 Å². The standard InChI is InChI=1S/C15H11ClFN3O4/c1-15(11-3-2-6-24-11)13(22)20(14(23)18-15)19-12(21)9-5-4-8(16)7-10(9)17/h2-7H,1H3,(H,18,23)(H,19,21)/t15-/m1/s1. The van der Waals surface area contributed by atoms with E-state index in [0.717, 1.165) is 12.1 Å². The van der Waals surface area contributed by atoms with Crippen molar-refractivity contribution in [3.63, 3.8) is 0 Å². The lowest BCUT2D eigenvalue weighted by Crippen LogP contribution is -2.48. The molecule has 0 spiro atoms. The Morgan fingerprint density at radius 2 is 2.12 bits per heavy atom. The van der Waals surface area contributed by atoms with E-state index >= 15 is 0 Å². The zero-order valence-electron chi connectivity index (χ0n) is 12.3. The number of urea groups is 1. The number of hydrogen-bond acceptors (Lipinski definition) is 4. The second-order valence-corrected chi connectivity index (χ2v) is 5.67. The second kappa shape index (κ2) is 5.64. The molecule has 2 N–H and O–H groups in total. The summed E-state index contributed by atoms with van der Waals surface area (Å²) >= 11 is 5.62. The highest BCUT2D eigenvalue weighted by Gasteiger charge is 2.52. The zero-order valence-corrected chi connectivity index (χ0v) is 13.1. The van der Waals surface area contributed by atoms with Gasteiger partial charge in [0.2, 0.25) is 0 Å². The number of hydrazine groups is 1. The van der Waals surface area contributed by atoms with E-state index in [1.807, 2.05) is 0 Å². The van der Waals surface area contributed by atoms with Crippen molar-refractivity contribution in [3.8, 4) is 0 Å². The molecule has 2 aromatic rings. The van der Waals surface area contributed by atoms with Crippen LogP contribution in [0.25, 0.3) is 0 Å². The van der Waals surface area contributed by atoms with Crippen molar-refractivity contribution in [2.24, 2.45) is 0 Å². The Morgan fingerprint density at radius 1 is 1.38 bits per heavy atom. The molecule has 1 aliphatic heterocycles. The molecule has 24 heavy (non-hydrogen) atoms. The zero-order chi connectivity index (χ0) is 17.5. The molecule has 124 valence electrons. The fourth-order valence-corrected chi connectivity index (χ4v) is 2.46. The smallest absolute Gasteiger partial charge is 0.344 e. The Kier molecular flexibility index (Phi) is 3.76. The van der Waals surface area contributed by atoms with E-state index in [1.54, 1.807) is 6.07 Å². The second-order valence-electron chi connectivity index (χ2n) is 5.24. The molecular weight excluding hydrogens is 341 g/mol. The molecule has 0 unspecified atom stereocenters. The van der Waals surface area contributed by atoms with Gasteiger partial charge in [-0.3, -0.25) is 15.0 Å². The molecule has 1 fully saturated rings. The molecule has 1 aliphatic rings. The lowest BCUT2D eigenvalue weighted by molar-refractivity contribution is -0.133. The van der Waals surface area contributed by atoms with Crippen molar-refractivity contribution >= 4 is 29.4 Å². The topological polar surface area (TPSA) is 91.7 Å². The quantitative estimate of drug-likeness (QED) is 0.829. The van der Waals surface area contributed by atoms with Gasteiger partial charge in [0.15, 0.2) is 5.54 Å². The third-order valence-corrected chi connectivity index (χ3v) is 3.83. The predicted molar refractivity (Wildman–Crippen MR) is 80.3 cm³/mol. The highest BCUT2D eigenvalue weighted by atomic mass is 35.5. The summed E-state index contributed by atoms with van der Waals surface area (Å²) in [7, 11) is 0. The molecule has 1 aromatic carbocycles. The van der Waals surface area contributed by atoms with Crippen molar-refractivity contribution in [3.05, 3.63) is 58.8 Å². The number of halogens is 2. The lowest BCUT2D eigenvalue weighted by atomic mass is 10.00. The van der Waals surface area contributed by atoms with Crippen molar-refractivity contribution in [1.29, 1.82) is 0 Å². The van der Waals surface area contributed by atoms with Crippen LogP contribution in [-0.2, 0) is 10.3 Å². The summed E-state index contributed by atoms with van der Waals surface area (Å²) in [6.07, 6.45) is 1.35. The highest BCUT2D eigenvalue weighted by Crippen LogP contribution is 2.28. The van der Waals surface area contributed by atoms with Crippen LogP contribution in [-0.4, -0.2) is 22.9 Å². The fourth-order valence-electron chi connectivity index (χ4n) is 2.31. The summed E-state index contributed by atoms with van der Waals surface area (Å²) in [5, 5.41) is 3.03. The molecule has 9 heteroatoms. The molecule has 4 amide bonds. The predicted octanol–water partition coefficient (Wildman–Crippen LogP) is 2.18. The number of carbonyl (C=O) groups excluding carboxylic acids is 3. The molecule has 3 rings (SSSR count). The van der Waals surface area contributed by atoms with Gasteiger partial charge >= 0.3 is 6.03 Å². The Bertz CT molecular complexity index is 839.